The molecule has 1 heterocycles. The molecule has 0 bridgehead atoms. The average Bonchev–Trinajstić information content (AvgIpc) is 2.42. The molecule has 1 aliphatic heterocycles. The molecular formula is C12H25N3O. The van der Waals surface area contributed by atoms with Gasteiger partial charge in [0.1, 0.15) is 0 Å². The molecule has 4 heteroatoms. The first kappa shape index (κ1) is 13.5. The monoisotopic (exact) mass is 227 g/mol. The maximum Gasteiger partial charge on any atom is 0.221 e. The van der Waals surface area contributed by atoms with Crippen LogP contribution in [0.4, 0.5) is 0 Å². The first-order valence-corrected chi connectivity index (χ1v) is 6.33. The van der Waals surface area contributed by atoms with Gasteiger partial charge in [0.2, 0.25) is 5.91 Å². The smallest absolute Gasteiger partial charge is 0.221 e. The predicted molar refractivity (Wildman–Crippen MR) is 66.4 cm³/mol. The molecule has 94 valence electrons. The van der Waals surface area contributed by atoms with Gasteiger partial charge in [0.05, 0.1) is 0 Å². The topological polar surface area (TPSA) is 44.4 Å². The maximum atomic E-state index is 11.3. The summed E-state index contributed by atoms with van der Waals surface area (Å²) in [5.74, 6) is 0.197. The van der Waals surface area contributed by atoms with Crippen LogP contribution in [0.25, 0.3) is 0 Å². The van der Waals surface area contributed by atoms with Crippen molar-refractivity contribution in [3.8, 4) is 0 Å². The van der Waals surface area contributed by atoms with Gasteiger partial charge in [-0.25, -0.2) is 0 Å². The molecule has 0 spiro atoms. The summed E-state index contributed by atoms with van der Waals surface area (Å²) in [6.45, 7) is 3.02. The third kappa shape index (κ3) is 6.08. The van der Waals surface area contributed by atoms with Crippen molar-refractivity contribution in [2.45, 2.75) is 38.1 Å². The molecule has 0 aromatic heterocycles. The summed E-state index contributed by atoms with van der Waals surface area (Å²) in [7, 11) is 4.20. The van der Waals surface area contributed by atoms with Crippen LogP contribution in [0.2, 0.25) is 0 Å². The lowest BCUT2D eigenvalue weighted by atomic mass is 10.1. The van der Waals surface area contributed by atoms with E-state index < -0.39 is 0 Å². The molecule has 0 radical (unpaired) electrons. The minimum Gasteiger partial charge on any atom is -0.356 e. The van der Waals surface area contributed by atoms with Gasteiger partial charge in [-0.1, -0.05) is 0 Å². The summed E-state index contributed by atoms with van der Waals surface area (Å²) < 4.78 is 0. The van der Waals surface area contributed by atoms with Gasteiger partial charge in [-0.2, -0.15) is 0 Å². The summed E-state index contributed by atoms with van der Waals surface area (Å²) in [6, 6.07) is 0.391. The van der Waals surface area contributed by atoms with Gasteiger partial charge < -0.3 is 15.5 Å². The van der Waals surface area contributed by atoms with E-state index in [2.05, 4.69) is 29.6 Å². The molecule has 0 aliphatic carbocycles. The highest BCUT2D eigenvalue weighted by atomic mass is 16.1. The highest BCUT2D eigenvalue weighted by molar-refractivity contribution is 5.76. The molecule has 1 amide bonds. The van der Waals surface area contributed by atoms with E-state index in [4.69, 9.17) is 0 Å². The summed E-state index contributed by atoms with van der Waals surface area (Å²) in [5.41, 5.74) is 0. The zero-order chi connectivity index (χ0) is 11.8. The van der Waals surface area contributed by atoms with Crippen LogP contribution in [0.15, 0.2) is 0 Å². The Kier molecular flexibility index (Phi) is 6.42. The van der Waals surface area contributed by atoms with Gasteiger partial charge in [0.15, 0.2) is 0 Å². The molecule has 1 unspecified atom stereocenters. The Morgan fingerprint density at radius 3 is 3.00 bits per heavy atom. The van der Waals surface area contributed by atoms with Crippen LogP contribution >= 0.6 is 0 Å². The molecule has 1 saturated heterocycles. The Morgan fingerprint density at radius 1 is 1.44 bits per heavy atom. The fraction of sp³-hybridized carbons (Fsp3) is 0.917. The third-order valence-corrected chi connectivity index (χ3v) is 2.95. The number of amides is 1. The highest BCUT2D eigenvalue weighted by Crippen LogP contribution is 2.05. The lowest BCUT2D eigenvalue weighted by Crippen LogP contribution is -2.33. The Hall–Kier alpha value is -0.610. The number of hydrogen-bond donors (Lipinski definition) is 2. The van der Waals surface area contributed by atoms with E-state index in [1.165, 1.54) is 12.8 Å². The second kappa shape index (κ2) is 7.63. The largest absolute Gasteiger partial charge is 0.356 e. The zero-order valence-electron chi connectivity index (χ0n) is 10.6. The first-order valence-electron chi connectivity index (χ1n) is 6.33. The number of nitrogens with one attached hydrogen (secondary N) is 2. The van der Waals surface area contributed by atoms with Gasteiger partial charge in [0, 0.05) is 19.0 Å². The van der Waals surface area contributed by atoms with Crippen molar-refractivity contribution in [2.75, 3.05) is 33.7 Å². The van der Waals surface area contributed by atoms with E-state index in [-0.39, 0.29) is 5.91 Å². The molecule has 4 nitrogen and oxygen atoms in total. The quantitative estimate of drug-likeness (QED) is 0.653. The average molecular weight is 227 g/mol. The number of rotatable bonds is 6. The van der Waals surface area contributed by atoms with E-state index in [0.29, 0.717) is 12.5 Å². The number of carbonyl (C=O) groups is 1. The fourth-order valence-electron chi connectivity index (χ4n) is 2.01. The molecule has 1 fully saturated rings. The Morgan fingerprint density at radius 2 is 2.25 bits per heavy atom. The summed E-state index contributed by atoms with van der Waals surface area (Å²) in [4.78, 5) is 13.5. The van der Waals surface area contributed by atoms with E-state index in [0.717, 1.165) is 32.5 Å². The number of unbranched alkanes of at least 4 members (excludes halogenated alkanes) is 1. The van der Waals surface area contributed by atoms with Crippen LogP contribution in [0.1, 0.15) is 32.1 Å². The molecular weight excluding hydrogens is 202 g/mol. The van der Waals surface area contributed by atoms with Crippen LogP contribution in [-0.2, 0) is 4.79 Å². The van der Waals surface area contributed by atoms with E-state index in [1.807, 2.05) is 0 Å². The number of hydrogen-bond acceptors (Lipinski definition) is 3. The number of carbonyl (C=O) groups excluding carboxylic acids is 1. The highest BCUT2D eigenvalue weighted by Gasteiger charge is 2.15. The minimum absolute atomic E-state index is 0.197. The molecule has 0 aromatic rings. The zero-order valence-corrected chi connectivity index (χ0v) is 10.6. The lowest BCUT2D eigenvalue weighted by molar-refractivity contribution is -0.121. The van der Waals surface area contributed by atoms with Crippen LogP contribution < -0.4 is 10.6 Å². The van der Waals surface area contributed by atoms with Crippen molar-refractivity contribution in [3.63, 3.8) is 0 Å². The third-order valence-electron chi connectivity index (χ3n) is 2.95. The van der Waals surface area contributed by atoms with Crippen molar-refractivity contribution in [3.05, 3.63) is 0 Å². The normalized spacial score (nSPS) is 21.9. The van der Waals surface area contributed by atoms with Crippen LogP contribution in [0.5, 0.6) is 0 Å². The second-order valence-corrected chi connectivity index (χ2v) is 4.86. The van der Waals surface area contributed by atoms with Crippen molar-refractivity contribution < 1.29 is 4.79 Å². The Balaban J connectivity index is 2.05. The van der Waals surface area contributed by atoms with Gasteiger partial charge in [-0.15, -0.1) is 0 Å². The summed E-state index contributed by atoms with van der Waals surface area (Å²) in [5, 5.41) is 6.39. The van der Waals surface area contributed by atoms with E-state index >= 15 is 0 Å². The van der Waals surface area contributed by atoms with Gasteiger partial charge in [0.25, 0.3) is 0 Å². The van der Waals surface area contributed by atoms with Crippen molar-refractivity contribution in [1.82, 2.24) is 15.5 Å². The minimum atomic E-state index is 0.197. The van der Waals surface area contributed by atoms with Crippen molar-refractivity contribution in [1.29, 1.82) is 0 Å². The fourth-order valence-corrected chi connectivity index (χ4v) is 2.01. The van der Waals surface area contributed by atoms with Crippen LogP contribution in [-0.4, -0.2) is 50.6 Å². The number of nitrogens with zero attached hydrogens (tertiary/aromatic N) is 1. The summed E-state index contributed by atoms with van der Waals surface area (Å²) in [6.07, 6.45) is 5.27. The molecule has 2 N–H and O–H groups in total. The van der Waals surface area contributed by atoms with E-state index in [1.54, 1.807) is 0 Å². The molecule has 1 atom stereocenters. The SMILES string of the molecule is CN(C)CCCCNC1CCCNC(=O)C1. The van der Waals surface area contributed by atoms with Gasteiger partial charge in [-0.3, -0.25) is 4.79 Å². The Bertz CT molecular complexity index is 206. The van der Waals surface area contributed by atoms with Gasteiger partial charge >= 0.3 is 0 Å². The summed E-state index contributed by atoms with van der Waals surface area (Å²) >= 11 is 0. The Labute approximate surface area is 98.8 Å². The molecule has 1 aliphatic rings. The molecule has 16 heavy (non-hydrogen) atoms. The van der Waals surface area contributed by atoms with Crippen LogP contribution in [0.3, 0.4) is 0 Å². The maximum absolute atomic E-state index is 11.3. The van der Waals surface area contributed by atoms with Crippen molar-refractivity contribution in [2.24, 2.45) is 0 Å². The molecule has 0 aromatic carbocycles. The second-order valence-electron chi connectivity index (χ2n) is 4.86. The van der Waals surface area contributed by atoms with Crippen molar-refractivity contribution >= 4 is 5.91 Å². The molecule has 1 rings (SSSR count). The first-order chi connectivity index (χ1) is 7.68. The van der Waals surface area contributed by atoms with Gasteiger partial charge in [-0.05, 0) is 52.9 Å². The molecule has 0 saturated carbocycles. The van der Waals surface area contributed by atoms with Crippen LogP contribution in [0, 0.1) is 0 Å². The standard InChI is InChI=1S/C12H25N3O/c1-15(2)9-4-3-7-13-11-6-5-8-14-12(16)10-11/h11,13H,3-10H2,1-2H3,(H,14,16). The van der Waals surface area contributed by atoms with E-state index in [9.17, 15) is 4.79 Å². The predicted octanol–water partition coefficient (Wildman–Crippen LogP) is 0.587. The lowest BCUT2D eigenvalue weighted by Gasteiger charge is -2.15.